The number of carbonyl (C=O) groups excluding carboxylic acids is 1. The van der Waals surface area contributed by atoms with Gasteiger partial charge in [0.25, 0.3) is 11.9 Å². The largest absolute Gasteiger partial charge is 0.324 e. The van der Waals surface area contributed by atoms with E-state index in [-0.39, 0.29) is 17.9 Å². The summed E-state index contributed by atoms with van der Waals surface area (Å²) in [5.74, 6) is 0.427. The minimum absolute atomic E-state index is 0.172. The Bertz CT molecular complexity index is 1350. The van der Waals surface area contributed by atoms with Crippen molar-refractivity contribution >= 4 is 41.2 Å². The van der Waals surface area contributed by atoms with Crippen molar-refractivity contribution < 1.29 is 4.79 Å². The monoisotopic (exact) mass is 453 g/mol. The second-order valence-electron chi connectivity index (χ2n) is 7.47. The van der Waals surface area contributed by atoms with Crippen LogP contribution < -0.4 is 10.6 Å². The minimum Gasteiger partial charge on any atom is -0.324 e. The molecule has 0 saturated carbocycles. The standard InChI is InChI=1S/C26H20ClN5O/c27-21-14-8-7-9-18(21)15-16-24(33)29-25-30-26-28-22(19-10-3-1-4-11-19)17-23(32(26)31-25)20-12-5-2-6-13-20/h1-17,23H,(H2,28,29,30,31,33)/b16-15+. The van der Waals surface area contributed by atoms with Crippen LogP contribution in [0.15, 0.2) is 97.1 Å². The number of aromatic nitrogens is 3. The zero-order valence-corrected chi connectivity index (χ0v) is 18.3. The van der Waals surface area contributed by atoms with Gasteiger partial charge in [0.1, 0.15) is 6.04 Å². The third-order valence-electron chi connectivity index (χ3n) is 5.25. The number of anilines is 2. The molecule has 1 aromatic heterocycles. The lowest BCUT2D eigenvalue weighted by Crippen LogP contribution is -2.20. The molecule has 7 heteroatoms. The molecule has 1 aliphatic heterocycles. The molecule has 1 unspecified atom stereocenters. The van der Waals surface area contributed by atoms with E-state index in [1.54, 1.807) is 16.8 Å². The minimum atomic E-state index is -0.342. The first-order chi connectivity index (χ1) is 16.2. The molecule has 2 heterocycles. The maximum atomic E-state index is 12.5. The van der Waals surface area contributed by atoms with Crippen LogP contribution >= 0.6 is 11.6 Å². The van der Waals surface area contributed by atoms with Crippen molar-refractivity contribution in [3.05, 3.63) is 119 Å². The van der Waals surface area contributed by atoms with Crippen LogP contribution in [0.25, 0.3) is 11.8 Å². The summed E-state index contributed by atoms with van der Waals surface area (Å²) in [7, 11) is 0. The molecule has 1 amide bonds. The van der Waals surface area contributed by atoms with Crippen LogP contribution in [0.5, 0.6) is 0 Å². The topological polar surface area (TPSA) is 71.8 Å². The van der Waals surface area contributed by atoms with Crippen LogP contribution in [-0.4, -0.2) is 20.7 Å². The van der Waals surface area contributed by atoms with Crippen LogP contribution in [-0.2, 0) is 4.79 Å². The van der Waals surface area contributed by atoms with Crippen molar-refractivity contribution in [1.29, 1.82) is 0 Å². The first-order valence-corrected chi connectivity index (χ1v) is 10.8. The van der Waals surface area contributed by atoms with Crippen molar-refractivity contribution in [2.24, 2.45) is 0 Å². The quantitative estimate of drug-likeness (QED) is 0.383. The molecule has 0 fully saturated rings. The van der Waals surface area contributed by atoms with E-state index < -0.39 is 0 Å². The smallest absolute Gasteiger partial charge is 0.250 e. The Labute approximate surface area is 196 Å². The van der Waals surface area contributed by atoms with Gasteiger partial charge < -0.3 is 5.32 Å². The summed E-state index contributed by atoms with van der Waals surface area (Å²) in [6.45, 7) is 0. The number of hydrogen-bond acceptors (Lipinski definition) is 4. The molecular formula is C26H20ClN5O. The second kappa shape index (κ2) is 9.14. The van der Waals surface area contributed by atoms with Gasteiger partial charge in [-0.2, -0.15) is 4.98 Å². The Hall–Kier alpha value is -4.16. The van der Waals surface area contributed by atoms with Gasteiger partial charge in [0, 0.05) is 16.8 Å². The lowest BCUT2D eigenvalue weighted by molar-refractivity contribution is -0.111. The Morgan fingerprint density at radius 2 is 1.67 bits per heavy atom. The van der Waals surface area contributed by atoms with E-state index in [0.717, 1.165) is 22.4 Å². The van der Waals surface area contributed by atoms with Gasteiger partial charge in [-0.1, -0.05) is 90.5 Å². The molecule has 5 rings (SSSR count). The molecule has 1 atom stereocenters. The third-order valence-corrected chi connectivity index (χ3v) is 5.59. The number of rotatable bonds is 5. The molecule has 0 radical (unpaired) electrons. The fourth-order valence-corrected chi connectivity index (χ4v) is 3.85. The molecule has 6 nitrogen and oxygen atoms in total. The van der Waals surface area contributed by atoms with E-state index in [0.29, 0.717) is 11.0 Å². The molecular weight excluding hydrogens is 434 g/mol. The van der Waals surface area contributed by atoms with Gasteiger partial charge in [0.15, 0.2) is 0 Å². The SMILES string of the molecule is O=C(/C=C/c1ccccc1Cl)Nc1nc2n(n1)C(c1ccccc1)C=C(c1ccccc1)N2. The lowest BCUT2D eigenvalue weighted by atomic mass is 10.0. The van der Waals surface area contributed by atoms with Crippen LogP contribution in [0, 0.1) is 0 Å². The Morgan fingerprint density at radius 3 is 2.42 bits per heavy atom. The van der Waals surface area contributed by atoms with Crippen molar-refractivity contribution in [2.45, 2.75) is 6.04 Å². The highest BCUT2D eigenvalue weighted by atomic mass is 35.5. The summed E-state index contributed by atoms with van der Waals surface area (Å²) in [6.07, 6.45) is 5.18. The number of fused-ring (bicyclic) bond motifs is 1. The van der Waals surface area contributed by atoms with Crippen molar-refractivity contribution in [3.63, 3.8) is 0 Å². The molecule has 162 valence electrons. The molecule has 33 heavy (non-hydrogen) atoms. The average molecular weight is 454 g/mol. The highest BCUT2D eigenvalue weighted by molar-refractivity contribution is 6.32. The van der Waals surface area contributed by atoms with E-state index in [1.807, 2.05) is 78.9 Å². The van der Waals surface area contributed by atoms with Crippen molar-refractivity contribution in [2.75, 3.05) is 10.6 Å². The average Bonchev–Trinajstić information content (AvgIpc) is 3.26. The highest BCUT2D eigenvalue weighted by Crippen LogP contribution is 2.33. The molecule has 0 spiro atoms. The summed E-state index contributed by atoms with van der Waals surface area (Å²) < 4.78 is 1.77. The third kappa shape index (κ3) is 4.56. The Kier molecular flexibility index (Phi) is 5.74. The summed E-state index contributed by atoms with van der Waals surface area (Å²) in [4.78, 5) is 17.0. The lowest BCUT2D eigenvalue weighted by Gasteiger charge is -2.24. The summed E-state index contributed by atoms with van der Waals surface area (Å²) in [6, 6.07) is 27.2. The van der Waals surface area contributed by atoms with Gasteiger partial charge >= 0.3 is 0 Å². The van der Waals surface area contributed by atoms with E-state index >= 15 is 0 Å². The van der Waals surface area contributed by atoms with Crippen LogP contribution in [0.4, 0.5) is 11.9 Å². The van der Waals surface area contributed by atoms with Crippen molar-refractivity contribution in [3.8, 4) is 0 Å². The zero-order valence-electron chi connectivity index (χ0n) is 17.5. The molecule has 3 aromatic carbocycles. The number of carbonyl (C=O) groups is 1. The number of amides is 1. The zero-order chi connectivity index (χ0) is 22.6. The predicted molar refractivity (Wildman–Crippen MR) is 132 cm³/mol. The van der Waals surface area contributed by atoms with E-state index in [4.69, 9.17) is 11.6 Å². The van der Waals surface area contributed by atoms with Gasteiger partial charge in [0.2, 0.25) is 5.95 Å². The Balaban J connectivity index is 1.42. The van der Waals surface area contributed by atoms with Gasteiger partial charge in [-0.25, -0.2) is 4.68 Å². The second-order valence-corrected chi connectivity index (χ2v) is 7.88. The van der Waals surface area contributed by atoms with Gasteiger partial charge in [-0.3, -0.25) is 10.1 Å². The first-order valence-electron chi connectivity index (χ1n) is 10.5. The highest BCUT2D eigenvalue weighted by Gasteiger charge is 2.25. The maximum Gasteiger partial charge on any atom is 0.250 e. The number of benzene rings is 3. The van der Waals surface area contributed by atoms with Gasteiger partial charge in [-0.05, 0) is 34.9 Å². The number of allylic oxidation sites excluding steroid dienone is 1. The van der Waals surface area contributed by atoms with E-state index in [9.17, 15) is 4.79 Å². The number of nitrogens with one attached hydrogen (secondary N) is 2. The normalized spacial score (nSPS) is 14.9. The number of hydrogen-bond donors (Lipinski definition) is 2. The van der Waals surface area contributed by atoms with Gasteiger partial charge in [-0.15, -0.1) is 5.10 Å². The first kappa shape index (κ1) is 20.7. The number of nitrogens with zero attached hydrogens (tertiary/aromatic N) is 3. The van der Waals surface area contributed by atoms with Crippen LogP contribution in [0.1, 0.15) is 22.7 Å². The van der Waals surface area contributed by atoms with Gasteiger partial charge in [0.05, 0.1) is 0 Å². The van der Waals surface area contributed by atoms with Crippen LogP contribution in [0.3, 0.4) is 0 Å². The fourth-order valence-electron chi connectivity index (χ4n) is 3.65. The maximum absolute atomic E-state index is 12.5. The predicted octanol–water partition coefficient (Wildman–Crippen LogP) is 5.64. The number of halogens is 1. The molecule has 0 bridgehead atoms. The molecule has 2 N–H and O–H groups in total. The van der Waals surface area contributed by atoms with E-state index in [2.05, 4.69) is 26.8 Å². The molecule has 4 aromatic rings. The summed E-state index contributed by atoms with van der Waals surface area (Å²) >= 11 is 6.15. The van der Waals surface area contributed by atoms with Crippen LogP contribution in [0.2, 0.25) is 5.02 Å². The summed E-state index contributed by atoms with van der Waals surface area (Å²) in [5, 5.41) is 11.2. The summed E-state index contributed by atoms with van der Waals surface area (Å²) in [5.41, 5.74) is 3.80. The molecule has 0 aliphatic carbocycles. The Morgan fingerprint density at radius 1 is 0.970 bits per heavy atom. The molecule has 0 saturated heterocycles. The van der Waals surface area contributed by atoms with Crippen molar-refractivity contribution in [1.82, 2.24) is 14.8 Å². The fraction of sp³-hybridized carbons (Fsp3) is 0.0385. The molecule has 1 aliphatic rings. The van der Waals surface area contributed by atoms with E-state index in [1.165, 1.54) is 6.08 Å².